The maximum absolute atomic E-state index is 5.78. The van der Waals surface area contributed by atoms with Gasteiger partial charge < -0.3 is 10.1 Å². The monoisotopic (exact) mass is 221 g/mol. The van der Waals surface area contributed by atoms with Crippen LogP contribution < -0.4 is 10.1 Å². The van der Waals surface area contributed by atoms with Crippen LogP contribution in [-0.2, 0) is 6.54 Å². The van der Waals surface area contributed by atoms with E-state index in [9.17, 15) is 0 Å². The van der Waals surface area contributed by atoms with Crippen molar-refractivity contribution in [2.75, 3.05) is 13.7 Å². The standard InChI is InChI=1S/C14H23NO/c1-4-6-12(2)11-16-14-8-5-7-13(9-14)10-15-3/h5,7-9,12,15H,4,6,10-11H2,1-3H3. The van der Waals surface area contributed by atoms with Gasteiger partial charge in [-0.1, -0.05) is 32.4 Å². The Hall–Kier alpha value is -1.02. The molecule has 16 heavy (non-hydrogen) atoms. The van der Waals surface area contributed by atoms with E-state index in [0.29, 0.717) is 5.92 Å². The van der Waals surface area contributed by atoms with Crippen LogP contribution >= 0.6 is 0 Å². The molecule has 0 aliphatic rings. The van der Waals surface area contributed by atoms with Crippen molar-refractivity contribution in [3.8, 4) is 5.75 Å². The summed E-state index contributed by atoms with van der Waals surface area (Å²) < 4.78 is 5.78. The SMILES string of the molecule is CCCC(C)COc1cccc(CNC)c1. The molecular weight excluding hydrogens is 198 g/mol. The van der Waals surface area contributed by atoms with Gasteiger partial charge >= 0.3 is 0 Å². The normalized spacial score (nSPS) is 12.4. The van der Waals surface area contributed by atoms with Gasteiger partial charge in [0.15, 0.2) is 0 Å². The molecule has 0 aliphatic heterocycles. The van der Waals surface area contributed by atoms with E-state index in [2.05, 4.69) is 31.3 Å². The number of hydrogen-bond donors (Lipinski definition) is 1. The summed E-state index contributed by atoms with van der Waals surface area (Å²) in [6.45, 7) is 6.16. The average Bonchev–Trinajstić information content (AvgIpc) is 2.28. The van der Waals surface area contributed by atoms with Gasteiger partial charge in [0.05, 0.1) is 6.61 Å². The zero-order chi connectivity index (χ0) is 11.8. The molecule has 1 unspecified atom stereocenters. The Morgan fingerprint density at radius 2 is 2.19 bits per heavy atom. The van der Waals surface area contributed by atoms with Crippen LogP contribution in [0.4, 0.5) is 0 Å². The summed E-state index contributed by atoms with van der Waals surface area (Å²) in [6, 6.07) is 8.29. The minimum atomic E-state index is 0.637. The summed E-state index contributed by atoms with van der Waals surface area (Å²) in [5.74, 6) is 1.62. The lowest BCUT2D eigenvalue weighted by atomic mass is 10.1. The molecule has 0 radical (unpaired) electrons. The predicted molar refractivity (Wildman–Crippen MR) is 68.8 cm³/mol. The van der Waals surface area contributed by atoms with Crippen molar-refractivity contribution in [3.05, 3.63) is 29.8 Å². The highest BCUT2D eigenvalue weighted by molar-refractivity contribution is 5.28. The largest absolute Gasteiger partial charge is 0.493 e. The molecular formula is C14H23NO. The fourth-order valence-electron chi connectivity index (χ4n) is 1.76. The number of hydrogen-bond acceptors (Lipinski definition) is 2. The topological polar surface area (TPSA) is 21.3 Å². The summed E-state index contributed by atoms with van der Waals surface area (Å²) in [4.78, 5) is 0. The third kappa shape index (κ3) is 4.67. The van der Waals surface area contributed by atoms with Crippen molar-refractivity contribution in [2.24, 2.45) is 5.92 Å². The highest BCUT2D eigenvalue weighted by Crippen LogP contribution is 2.15. The molecule has 0 fully saturated rings. The second-order valence-corrected chi connectivity index (χ2v) is 4.38. The van der Waals surface area contributed by atoms with Crippen LogP contribution in [0.2, 0.25) is 0 Å². The Labute approximate surface area is 99.0 Å². The quantitative estimate of drug-likeness (QED) is 0.763. The van der Waals surface area contributed by atoms with Crippen molar-refractivity contribution in [2.45, 2.75) is 33.2 Å². The Kier molecular flexibility index (Phi) is 5.94. The molecule has 1 atom stereocenters. The van der Waals surface area contributed by atoms with E-state index >= 15 is 0 Å². The molecule has 0 heterocycles. The zero-order valence-electron chi connectivity index (χ0n) is 10.6. The molecule has 2 nitrogen and oxygen atoms in total. The molecule has 0 aliphatic carbocycles. The first-order valence-electron chi connectivity index (χ1n) is 6.12. The first-order chi connectivity index (χ1) is 7.76. The molecule has 0 saturated carbocycles. The summed E-state index contributed by atoms with van der Waals surface area (Å²) in [7, 11) is 1.96. The highest BCUT2D eigenvalue weighted by atomic mass is 16.5. The second kappa shape index (κ2) is 7.29. The Morgan fingerprint density at radius 3 is 2.88 bits per heavy atom. The molecule has 1 N–H and O–H groups in total. The van der Waals surface area contributed by atoms with E-state index < -0.39 is 0 Å². The summed E-state index contributed by atoms with van der Waals surface area (Å²) in [6.07, 6.45) is 2.46. The first-order valence-corrected chi connectivity index (χ1v) is 6.12. The molecule has 0 bridgehead atoms. The second-order valence-electron chi connectivity index (χ2n) is 4.38. The van der Waals surface area contributed by atoms with Crippen molar-refractivity contribution in [3.63, 3.8) is 0 Å². The molecule has 90 valence electrons. The molecule has 0 spiro atoms. The molecule has 2 heteroatoms. The molecule has 1 aromatic carbocycles. The number of rotatable bonds is 7. The lowest BCUT2D eigenvalue weighted by molar-refractivity contribution is 0.251. The molecule has 1 rings (SSSR count). The van der Waals surface area contributed by atoms with E-state index in [0.717, 1.165) is 18.9 Å². The van der Waals surface area contributed by atoms with E-state index in [-0.39, 0.29) is 0 Å². The molecule has 1 aromatic rings. The molecule has 0 aromatic heterocycles. The minimum Gasteiger partial charge on any atom is -0.493 e. The number of nitrogens with one attached hydrogen (secondary N) is 1. The average molecular weight is 221 g/mol. The lowest BCUT2D eigenvalue weighted by Gasteiger charge is -2.12. The van der Waals surface area contributed by atoms with Gasteiger partial charge in [-0.25, -0.2) is 0 Å². The van der Waals surface area contributed by atoms with Crippen LogP contribution in [0.3, 0.4) is 0 Å². The minimum absolute atomic E-state index is 0.637. The molecule has 0 amide bonds. The third-order valence-corrected chi connectivity index (χ3v) is 2.60. The van der Waals surface area contributed by atoms with E-state index in [1.54, 1.807) is 0 Å². The van der Waals surface area contributed by atoms with E-state index in [1.165, 1.54) is 18.4 Å². The van der Waals surface area contributed by atoms with Crippen LogP contribution in [0.15, 0.2) is 24.3 Å². The van der Waals surface area contributed by atoms with Crippen molar-refractivity contribution in [1.29, 1.82) is 0 Å². The number of benzene rings is 1. The van der Waals surface area contributed by atoms with E-state index in [1.807, 2.05) is 19.2 Å². The van der Waals surface area contributed by atoms with Crippen molar-refractivity contribution < 1.29 is 4.74 Å². The van der Waals surface area contributed by atoms with Gasteiger partial charge in [0.2, 0.25) is 0 Å². The van der Waals surface area contributed by atoms with Gasteiger partial charge in [-0.2, -0.15) is 0 Å². The molecule has 0 saturated heterocycles. The van der Waals surface area contributed by atoms with E-state index in [4.69, 9.17) is 4.74 Å². The van der Waals surface area contributed by atoms with Crippen LogP contribution in [0, 0.1) is 5.92 Å². The Morgan fingerprint density at radius 1 is 1.38 bits per heavy atom. The smallest absolute Gasteiger partial charge is 0.119 e. The summed E-state index contributed by atoms with van der Waals surface area (Å²) in [5, 5.41) is 3.14. The van der Waals surface area contributed by atoms with Crippen LogP contribution in [0.1, 0.15) is 32.3 Å². The summed E-state index contributed by atoms with van der Waals surface area (Å²) >= 11 is 0. The zero-order valence-corrected chi connectivity index (χ0v) is 10.6. The lowest BCUT2D eigenvalue weighted by Crippen LogP contribution is -2.09. The van der Waals surface area contributed by atoms with Gasteiger partial charge in [-0.05, 0) is 37.1 Å². The van der Waals surface area contributed by atoms with Gasteiger partial charge in [-0.3, -0.25) is 0 Å². The fraction of sp³-hybridized carbons (Fsp3) is 0.571. The Balaban J connectivity index is 2.44. The van der Waals surface area contributed by atoms with Gasteiger partial charge in [0.25, 0.3) is 0 Å². The Bertz CT molecular complexity index is 299. The fourth-order valence-corrected chi connectivity index (χ4v) is 1.76. The maximum atomic E-state index is 5.78. The van der Waals surface area contributed by atoms with Crippen LogP contribution in [0.5, 0.6) is 5.75 Å². The predicted octanol–water partition coefficient (Wildman–Crippen LogP) is 3.22. The first kappa shape index (κ1) is 13.0. The highest BCUT2D eigenvalue weighted by Gasteiger charge is 2.02. The maximum Gasteiger partial charge on any atom is 0.119 e. The third-order valence-electron chi connectivity index (χ3n) is 2.60. The number of ether oxygens (including phenoxy) is 1. The summed E-state index contributed by atoms with van der Waals surface area (Å²) in [5.41, 5.74) is 1.27. The van der Waals surface area contributed by atoms with Gasteiger partial charge in [0.1, 0.15) is 5.75 Å². The van der Waals surface area contributed by atoms with Crippen molar-refractivity contribution in [1.82, 2.24) is 5.32 Å². The van der Waals surface area contributed by atoms with Gasteiger partial charge in [-0.15, -0.1) is 0 Å². The van der Waals surface area contributed by atoms with Crippen LogP contribution in [0.25, 0.3) is 0 Å². The van der Waals surface area contributed by atoms with Crippen molar-refractivity contribution >= 4 is 0 Å². The van der Waals surface area contributed by atoms with Crippen LogP contribution in [-0.4, -0.2) is 13.7 Å². The van der Waals surface area contributed by atoms with Gasteiger partial charge in [0, 0.05) is 6.54 Å².